The summed E-state index contributed by atoms with van der Waals surface area (Å²) in [5.41, 5.74) is 0. The monoisotopic (exact) mass is 264 g/mol. The predicted molar refractivity (Wildman–Crippen MR) is 68.4 cm³/mol. The Kier molecular flexibility index (Phi) is 5.85. The van der Waals surface area contributed by atoms with E-state index in [1.807, 2.05) is 0 Å². The molecule has 17 heavy (non-hydrogen) atoms. The topological polar surface area (TPSA) is 69.6 Å². The van der Waals surface area contributed by atoms with E-state index in [0.29, 0.717) is 19.1 Å². The molecule has 0 aliphatic carbocycles. The molecule has 0 spiro atoms. The van der Waals surface area contributed by atoms with E-state index in [9.17, 15) is 13.5 Å². The van der Waals surface area contributed by atoms with Crippen LogP contribution in [0.2, 0.25) is 0 Å². The molecule has 0 aromatic heterocycles. The highest BCUT2D eigenvalue weighted by Gasteiger charge is 2.26. The standard InChI is InChI=1S/C11H24N2O3S/c1-3-17(15,16)12-7-8-13-10(2)5-4-6-11(13)9-14/h10-12,14H,3-9H2,1-2H3. The van der Waals surface area contributed by atoms with E-state index in [-0.39, 0.29) is 18.4 Å². The van der Waals surface area contributed by atoms with Gasteiger partial charge in [-0.1, -0.05) is 6.42 Å². The number of aliphatic hydroxyl groups is 1. The van der Waals surface area contributed by atoms with E-state index in [0.717, 1.165) is 19.3 Å². The van der Waals surface area contributed by atoms with Crippen molar-refractivity contribution < 1.29 is 13.5 Å². The molecule has 0 bridgehead atoms. The molecular weight excluding hydrogens is 240 g/mol. The predicted octanol–water partition coefficient (Wildman–Crippen LogP) is 0.161. The molecular formula is C11H24N2O3S. The molecule has 2 atom stereocenters. The van der Waals surface area contributed by atoms with E-state index in [4.69, 9.17) is 0 Å². The highest BCUT2D eigenvalue weighted by molar-refractivity contribution is 7.89. The summed E-state index contributed by atoms with van der Waals surface area (Å²) < 4.78 is 25.2. The molecule has 1 rings (SSSR count). The maximum absolute atomic E-state index is 11.3. The van der Waals surface area contributed by atoms with Crippen molar-refractivity contribution in [2.75, 3.05) is 25.4 Å². The molecule has 1 heterocycles. The number of nitrogens with one attached hydrogen (secondary N) is 1. The molecule has 1 aliphatic heterocycles. The van der Waals surface area contributed by atoms with Crippen LogP contribution < -0.4 is 4.72 Å². The van der Waals surface area contributed by atoms with Crippen LogP contribution in [-0.4, -0.2) is 56.0 Å². The molecule has 5 nitrogen and oxygen atoms in total. The summed E-state index contributed by atoms with van der Waals surface area (Å²) >= 11 is 0. The summed E-state index contributed by atoms with van der Waals surface area (Å²) in [5, 5.41) is 9.30. The smallest absolute Gasteiger partial charge is 0.211 e. The van der Waals surface area contributed by atoms with Crippen LogP contribution in [0.25, 0.3) is 0 Å². The van der Waals surface area contributed by atoms with Gasteiger partial charge < -0.3 is 5.11 Å². The molecule has 102 valence electrons. The van der Waals surface area contributed by atoms with Crippen molar-refractivity contribution in [1.82, 2.24) is 9.62 Å². The second-order valence-corrected chi connectivity index (χ2v) is 6.75. The highest BCUT2D eigenvalue weighted by Crippen LogP contribution is 2.21. The normalized spacial score (nSPS) is 27.2. The second-order valence-electron chi connectivity index (χ2n) is 4.65. The third kappa shape index (κ3) is 4.54. The average Bonchev–Trinajstić information content (AvgIpc) is 2.31. The van der Waals surface area contributed by atoms with Crippen LogP contribution in [0, 0.1) is 0 Å². The SMILES string of the molecule is CCS(=O)(=O)NCCN1C(C)CCCC1CO. The Morgan fingerprint density at radius 2 is 2.12 bits per heavy atom. The summed E-state index contributed by atoms with van der Waals surface area (Å²) in [4.78, 5) is 2.21. The van der Waals surface area contributed by atoms with Gasteiger partial charge in [0, 0.05) is 25.2 Å². The second kappa shape index (κ2) is 6.68. The molecule has 0 amide bonds. The van der Waals surface area contributed by atoms with Crippen molar-refractivity contribution in [3.05, 3.63) is 0 Å². The summed E-state index contributed by atoms with van der Waals surface area (Å²) in [7, 11) is -3.10. The molecule has 0 saturated carbocycles. The van der Waals surface area contributed by atoms with Gasteiger partial charge in [-0.15, -0.1) is 0 Å². The number of hydrogen-bond donors (Lipinski definition) is 2. The number of nitrogens with zero attached hydrogens (tertiary/aromatic N) is 1. The third-order valence-electron chi connectivity index (χ3n) is 3.48. The molecule has 1 fully saturated rings. The number of aliphatic hydroxyl groups excluding tert-OH is 1. The lowest BCUT2D eigenvalue weighted by Crippen LogP contribution is -2.50. The zero-order chi connectivity index (χ0) is 12.9. The van der Waals surface area contributed by atoms with E-state index in [1.165, 1.54) is 0 Å². The van der Waals surface area contributed by atoms with Crippen LogP contribution in [0.15, 0.2) is 0 Å². The van der Waals surface area contributed by atoms with Crippen LogP contribution in [0.5, 0.6) is 0 Å². The van der Waals surface area contributed by atoms with Gasteiger partial charge >= 0.3 is 0 Å². The van der Waals surface area contributed by atoms with Crippen molar-refractivity contribution in [2.45, 2.75) is 45.2 Å². The lowest BCUT2D eigenvalue weighted by atomic mass is 9.97. The van der Waals surface area contributed by atoms with Gasteiger partial charge in [0.2, 0.25) is 10.0 Å². The molecule has 0 aromatic rings. The molecule has 1 saturated heterocycles. The van der Waals surface area contributed by atoms with Crippen molar-refractivity contribution >= 4 is 10.0 Å². The number of likely N-dealkylation sites (tertiary alicyclic amines) is 1. The first kappa shape index (κ1) is 14.9. The Labute approximate surface area is 104 Å². The minimum atomic E-state index is -3.10. The molecule has 6 heteroatoms. The first-order chi connectivity index (χ1) is 8.00. The zero-order valence-corrected chi connectivity index (χ0v) is 11.5. The first-order valence-electron chi connectivity index (χ1n) is 6.34. The van der Waals surface area contributed by atoms with E-state index < -0.39 is 10.0 Å². The minimum absolute atomic E-state index is 0.117. The number of piperidine rings is 1. The fourth-order valence-corrected chi connectivity index (χ4v) is 2.98. The van der Waals surface area contributed by atoms with Gasteiger partial charge in [-0.3, -0.25) is 4.90 Å². The number of sulfonamides is 1. The fourth-order valence-electron chi connectivity index (χ4n) is 2.37. The van der Waals surface area contributed by atoms with Crippen molar-refractivity contribution in [3.63, 3.8) is 0 Å². The quantitative estimate of drug-likeness (QED) is 0.717. The summed E-state index contributed by atoms with van der Waals surface area (Å²) in [6, 6.07) is 0.608. The number of rotatable bonds is 6. The first-order valence-corrected chi connectivity index (χ1v) is 7.99. The number of hydrogen-bond acceptors (Lipinski definition) is 4. The van der Waals surface area contributed by atoms with E-state index in [2.05, 4.69) is 16.5 Å². The van der Waals surface area contributed by atoms with Gasteiger partial charge in [-0.25, -0.2) is 13.1 Å². The van der Waals surface area contributed by atoms with Gasteiger partial charge in [0.15, 0.2) is 0 Å². The van der Waals surface area contributed by atoms with E-state index >= 15 is 0 Å². The van der Waals surface area contributed by atoms with Crippen molar-refractivity contribution in [1.29, 1.82) is 0 Å². The molecule has 0 aromatic carbocycles. The molecule has 1 aliphatic rings. The maximum atomic E-state index is 11.3. The Balaban J connectivity index is 2.42. The third-order valence-corrected chi connectivity index (χ3v) is 4.88. The maximum Gasteiger partial charge on any atom is 0.211 e. The Hall–Kier alpha value is -0.170. The van der Waals surface area contributed by atoms with Crippen LogP contribution in [0.4, 0.5) is 0 Å². The Morgan fingerprint density at radius 3 is 2.71 bits per heavy atom. The molecule has 2 unspecified atom stereocenters. The summed E-state index contributed by atoms with van der Waals surface area (Å²) in [6.07, 6.45) is 3.27. The minimum Gasteiger partial charge on any atom is -0.395 e. The molecule has 0 radical (unpaired) electrons. The van der Waals surface area contributed by atoms with Gasteiger partial charge in [0.1, 0.15) is 0 Å². The summed E-state index contributed by atoms with van der Waals surface area (Å²) in [5.74, 6) is 0.117. The van der Waals surface area contributed by atoms with Gasteiger partial charge in [0.25, 0.3) is 0 Å². The Bertz CT molecular complexity index is 319. The van der Waals surface area contributed by atoms with Crippen LogP contribution in [0.3, 0.4) is 0 Å². The fraction of sp³-hybridized carbons (Fsp3) is 1.00. The van der Waals surface area contributed by atoms with Crippen LogP contribution >= 0.6 is 0 Å². The lowest BCUT2D eigenvalue weighted by molar-refractivity contribution is 0.0539. The van der Waals surface area contributed by atoms with Crippen molar-refractivity contribution in [3.8, 4) is 0 Å². The van der Waals surface area contributed by atoms with Gasteiger partial charge in [-0.2, -0.15) is 0 Å². The lowest BCUT2D eigenvalue weighted by Gasteiger charge is -2.39. The largest absolute Gasteiger partial charge is 0.395 e. The molecule has 2 N–H and O–H groups in total. The zero-order valence-electron chi connectivity index (χ0n) is 10.7. The average molecular weight is 264 g/mol. The summed E-state index contributed by atoms with van der Waals surface area (Å²) in [6.45, 7) is 5.02. The Morgan fingerprint density at radius 1 is 1.41 bits per heavy atom. The van der Waals surface area contributed by atoms with E-state index in [1.54, 1.807) is 6.92 Å². The highest BCUT2D eigenvalue weighted by atomic mass is 32.2. The van der Waals surface area contributed by atoms with Crippen molar-refractivity contribution in [2.24, 2.45) is 0 Å². The van der Waals surface area contributed by atoms with Gasteiger partial charge in [-0.05, 0) is 26.7 Å². The van der Waals surface area contributed by atoms with Gasteiger partial charge in [0.05, 0.1) is 12.4 Å². The van der Waals surface area contributed by atoms with Crippen LogP contribution in [-0.2, 0) is 10.0 Å². The van der Waals surface area contributed by atoms with Crippen LogP contribution in [0.1, 0.15) is 33.1 Å².